The molecule has 0 unspecified atom stereocenters. The Morgan fingerprint density at radius 2 is 1.91 bits per heavy atom. The molecule has 2 fully saturated rings. The van der Waals surface area contributed by atoms with Gasteiger partial charge in [0, 0.05) is 0 Å². The van der Waals surface area contributed by atoms with Crippen LogP contribution in [0.15, 0.2) is 0 Å². The van der Waals surface area contributed by atoms with Crippen LogP contribution in [0.2, 0.25) is 0 Å². The summed E-state index contributed by atoms with van der Waals surface area (Å²) in [6.07, 6.45) is 10.2. The van der Waals surface area contributed by atoms with Crippen molar-refractivity contribution >= 4 is 0 Å². The first-order chi connectivity index (χ1) is 5.37. The van der Waals surface area contributed by atoms with Crippen LogP contribution in [0.4, 0.5) is 0 Å². The Labute approximate surface area is 69.4 Å². The van der Waals surface area contributed by atoms with Crippen LogP contribution in [0.1, 0.15) is 44.9 Å². The SMILES string of the molecule is NCCCCC12CCC1CC2. The molecule has 0 atom stereocenters. The molecule has 0 aromatic carbocycles. The molecule has 2 aliphatic carbocycles. The summed E-state index contributed by atoms with van der Waals surface area (Å²) in [6, 6.07) is 0. The summed E-state index contributed by atoms with van der Waals surface area (Å²) in [6.45, 7) is 0.890. The van der Waals surface area contributed by atoms with Crippen LogP contribution >= 0.6 is 0 Å². The van der Waals surface area contributed by atoms with Crippen LogP contribution in [0.3, 0.4) is 0 Å². The third kappa shape index (κ3) is 1.10. The molecule has 2 N–H and O–H groups in total. The molecular formula is C10H19N. The van der Waals surface area contributed by atoms with Crippen LogP contribution in [-0.2, 0) is 0 Å². The van der Waals surface area contributed by atoms with E-state index in [-0.39, 0.29) is 0 Å². The van der Waals surface area contributed by atoms with Crippen LogP contribution in [-0.4, -0.2) is 6.54 Å². The zero-order chi connectivity index (χ0) is 7.73. The summed E-state index contributed by atoms with van der Waals surface area (Å²) in [5.41, 5.74) is 6.33. The van der Waals surface area contributed by atoms with Gasteiger partial charge in [0.15, 0.2) is 0 Å². The maximum atomic E-state index is 5.47. The zero-order valence-electron chi connectivity index (χ0n) is 7.31. The van der Waals surface area contributed by atoms with Gasteiger partial charge in [0.1, 0.15) is 0 Å². The van der Waals surface area contributed by atoms with Crippen molar-refractivity contribution in [3.05, 3.63) is 0 Å². The fourth-order valence-electron chi connectivity index (χ4n) is 2.86. The van der Waals surface area contributed by atoms with Gasteiger partial charge in [-0.1, -0.05) is 6.42 Å². The minimum Gasteiger partial charge on any atom is -0.330 e. The molecule has 2 rings (SSSR count). The Hall–Kier alpha value is -0.0400. The van der Waals surface area contributed by atoms with Gasteiger partial charge in [-0.3, -0.25) is 0 Å². The van der Waals surface area contributed by atoms with Gasteiger partial charge in [0.2, 0.25) is 0 Å². The highest BCUT2D eigenvalue weighted by atomic mass is 14.6. The first kappa shape index (κ1) is 7.60. The predicted molar refractivity (Wildman–Crippen MR) is 47.3 cm³/mol. The molecule has 0 bridgehead atoms. The van der Waals surface area contributed by atoms with E-state index in [1.165, 1.54) is 44.9 Å². The lowest BCUT2D eigenvalue weighted by atomic mass is 9.46. The van der Waals surface area contributed by atoms with Crippen molar-refractivity contribution in [2.75, 3.05) is 6.54 Å². The Morgan fingerprint density at radius 1 is 1.18 bits per heavy atom. The van der Waals surface area contributed by atoms with Crippen molar-refractivity contribution in [2.24, 2.45) is 17.1 Å². The van der Waals surface area contributed by atoms with Crippen molar-refractivity contribution < 1.29 is 0 Å². The molecule has 0 heterocycles. The minimum atomic E-state index is 0.856. The number of nitrogens with two attached hydrogens (primary N) is 1. The monoisotopic (exact) mass is 153 g/mol. The molecule has 0 aliphatic heterocycles. The van der Waals surface area contributed by atoms with E-state index in [1.54, 1.807) is 0 Å². The van der Waals surface area contributed by atoms with Crippen molar-refractivity contribution in [3.63, 3.8) is 0 Å². The number of rotatable bonds is 4. The Morgan fingerprint density at radius 3 is 2.27 bits per heavy atom. The van der Waals surface area contributed by atoms with E-state index in [0.29, 0.717) is 0 Å². The standard InChI is InChI=1S/C10H19N/c11-8-2-1-5-10-6-3-9(10)4-7-10/h9H,1-8,11H2. The van der Waals surface area contributed by atoms with Crippen molar-refractivity contribution in [1.29, 1.82) is 0 Å². The fourth-order valence-corrected chi connectivity index (χ4v) is 2.86. The lowest BCUT2D eigenvalue weighted by Crippen LogP contribution is -2.48. The van der Waals surface area contributed by atoms with E-state index >= 15 is 0 Å². The van der Waals surface area contributed by atoms with Crippen LogP contribution < -0.4 is 5.73 Å². The quantitative estimate of drug-likeness (QED) is 0.616. The summed E-state index contributed by atoms with van der Waals surface area (Å²) in [5.74, 6) is 1.14. The van der Waals surface area contributed by atoms with Crippen LogP contribution in [0.25, 0.3) is 0 Å². The van der Waals surface area contributed by atoms with Gasteiger partial charge in [-0.05, 0) is 56.4 Å². The van der Waals surface area contributed by atoms with Crippen LogP contribution in [0, 0.1) is 11.3 Å². The van der Waals surface area contributed by atoms with Crippen molar-refractivity contribution in [3.8, 4) is 0 Å². The molecule has 0 spiro atoms. The third-order valence-electron chi connectivity index (χ3n) is 3.98. The summed E-state index contributed by atoms with van der Waals surface area (Å²) in [4.78, 5) is 0. The molecule has 0 radical (unpaired) electrons. The Bertz CT molecular complexity index is 134. The lowest BCUT2D eigenvalue weighted by molar-refractivity contribution is -0.0824. The third-order valence-corrected chi connectivity index (χ3v) is 3.98. The van der Waals surface area contributed by atoms with E-state index in [4.69, 9.17) is 5.73 Å². The maximum absolute atomic E-state index is 5.47. The molecule has 0 saturated heterocycles. The van der Waals surface area contributed by atoms with E-state index in [0.717, 1.165) is 17.9 Å². The minimum absolute atomic E-state index is 0.856. The highest BCUT2D eigenvalue weighted by Crippen LogP contribution is 2.63. The summed E-state index contributed by atoms with van der Waals surface area (Å²) >= 11 is 0. The van der Waals surface area contributed by atoms with Gasteiger partial charge >= 0.3 is 0 Å². The van der Waals surface area contributed by atoms with Gasteiger partial charge in [0.05, 0.1) is 0 Å². The van der Waals surface area contributed by atoms with Crippen molar-refractivity contribution in [2.45, 2.75) is 44.9 Å². The van der Waals surface area contributed by atoms with E-state index in [1.807, 2.05) is 0 Å². The highest BCUT2D eigenvalue weighted by Gasteiger charge is 2.52. The predicted octanol–water partition coefficient (Wildman–Crippen LogP) is 2.31. The normalized spacial score (nSPS) is 40.6. The van der Waals surface area contributed by atoms with Gasteiger partial charge in [-0.15, -0.1) is 0 Å². The average Bonchev–Trinajstić information content (AvgIpc) is 2.01. The summed E-state index contributed by atoms with van der Waals surface area (Å²) < 4.78 is 0. The first-order valence-electron chi connectivity index (χ1n) is 5.07. The maximum Gasteiger partial charge on any atom is -0.00773 e. The highest BCUT2D eigenvalue weighted by molar-refractivity contribution is 5.02. The zero-order valence-corrected chi connectivity index (χ0v) is 7.31. The van der Waals surface area contributed by atoms with Crippen molar-refractivity contribution in [1.82, 2.24) is 0 Å². The summed E-state index contributed by atoms with van der Waals surface area (Å²) in [7, 11) is 0. The van der Waals surface area contributed by atoms with E-state index in [2.05, 4.69) is 0 Å². The largest absolute Gasteiger partial charge is 0.330 e. The molecule has 1 heteroatoms. The molecule has 64 valence electrons. The first-order valence-corrected chi connectivity index (χ1v) is 5.07. The smallest absolute Gasteiger partial charge is 0.00773 e. The second-order valence-electron chi connectivity index (χ2n) is 4.38. The second kappa shape index (κ2) is 2.78. The Kier molecular flexibility index (Phi) is 1.92. The summed E-state index contributed by atoms with van der Waals surface area (Å²) in [5, 5.41) is 0. The van der Waals surface area contributed by atoms with Gasteiger partial charge < -0.3 is 5.73 Å². The van der Waals surface area contributed by atoms with Gasteiger partial charge in [0.25, 0.3) is 0 Å². The fraction of sp³-hybridized carbons (Fsp3) is 1.00. The molecular weight excluding hydrogens is 134 g/mol. The number of hydrogen-bond acceptors (Lipinski definition) is 1. The molecule has 0 amide bonds. The Balaban J connectivity index is 1.69. The average molecular weight is 153 g/mol. The van der Waals surface area contributed by atoms with Gasteiger partial charge in [-0.2, -0.15) is 0 Å². The number of hydrogen-bond donors (Lipinski definition) is 1. The molecule has 2 aliphatic rings. The molecule has 1 nitrogen and oxygen atoms in total. The number of unbranched alkanes of at least 4 members (excludes halogenated alkanes) is 1. The topological polar surface area (TPSA) is 26.0 Å². The lowest BCUT2D eigenvalue weighted by Gasteiger charge is -2.59. The second-order valence-corrected chi connectivity index (χ2v) is 4.38. The molecule has 0 aromatic rings. The molecule has 0 aromatic heterocycles. The number of fused-ring (bicyclic) bond motifs is 1. The van der Waals surface area contributed by atoms with E-state index in [9.17, 15) is 0 Å². The molecule has 2 saturated carbocycles. The van der Waals surface area contributed by atoms with E-state index < -0.39 is 0 Å². The van der Waals surface area contributed by atoms with Crippen LogP contribution in [0.5, 0.6) is 0 Å². The molecule has 11 heavy (non-hydrogen) atoms. The van der Waals surface area contributed by atoms with Gasteiger partial charge in [-0.25, -0.2) is 0 Å².